The molecule has 79 valence electrons. The Bertz CT molecular complexity index is 196. The Morgan fingerprint density at radius 2 is 2.21 bits per heavy atom. The Morgan fingerprint density at radius 1 is 1.43 bits per heavy atom. The predicted molar refractivity (Wildman–Crippen MR) is 50.8 cm³/mol. The molecule has 0 bridgehead atoms. The lowest BCUT2D eigenvalue weighted by Gasteiger charge is -2.26. The van der Waals surface area contributed by atoms with Crippen molar-refractivity contribution in [1.29, 1.82) is 0 Å². The lowest BCUT2D eigenvalue weighted by atomic mass is 10.1. The van der Waals surface area contributed by atoms with Crippen molar-refractivity contribution in [3.05, 3.63) is 6.42 Å². The zero-order chi connectivity index (χ0) is 9.80. The van der Waals surface area contributed by atoms with Gasteiger partial charge in [-0.3, -0.25) is 0 Å². The van der Waals surface area contributed by atoms with Gasteiger partial charge in [-0.1, -0.05) is 0 Å². The van der Waals surface area contributed by atoms with E-state index in [4.69, 9.17) is 9.47 Å². The van der Waals surface area contributed by atoms with E-state index in [2.05, 4.69) is 6.42 Å². The minimum absolute atomic E-state index is 0.0200. The molecular weight excluding hydrogens is 182 g/mol. The zero-order valence-electron chi connectivity index (χ0n) is 8.28. The fourth-order valence-corrected chi connectivity index (χ4v) is 1.76. The second-order valence-corrected chi connectivity index (χ2v) is 3.72. The van der Waals surface area contributed by atoms with Crippen LogP contribution in [0, 0.1) is 6.42 Å². The SMILES string of the molecule is O=C(OC1CCOC1)N1CC[CH]CC1. The largest absolute Gasteiger partial charge is 0.444 e. The van der Waals surface area contributed by atoms with Gasteiger partial charge in [0.25, 0.3) is 0 Å². The summed E-state index contributed by atoms with van der Waals surface area (Å²) in [6.07, 6.45) is 4.82. The molecule has 0 spiro atoms. The van der Waals surface area contributed by atoms with Crippen LogP contribution < -0.4 is 0 Å². The number of hydrogen-bond acceptors (Lipinski definition) is 3. The highest BCUT2D eigenvalue weighted by molar-refractivity contribution is 5.68. The summed E-state index contributed by atoms with van der Waals surface area (Å²) in [6, 6.07) is 0. The molecule has 0 aromatic carbocycles. The highest BCUT2D eigenvalue weighted by atomic mass is 16.6. The van der Waals surface area contributed by atoms with Crippen molar-refractivity contribution in [3.8, 4) is 0 Å². The van der Waals surface area contributed by atoms with Gasteiger partial charge in [-0.25, -0.2) is 4.79 Å². The predicted octanol–water partition coefficient (Wildman–Crippen LogP) is 1.21. The minimum atomic E-state index is -0.173. The first-order chi connectivity index (χ1) is 6.86. The first-order valence-electron chi connectivity index (χ1n) is 5.21. The van der Waals surface area contributed by atoms with E-state index in [1.54, 1.807) is 4.90 Å². The summed E-state index contributed by atoms with van der Waals surface area (Å²) < 4.78 is 10.4. The molecule has 2 aliphatic rings. The van der Waals surface area contributed by atoms with Crippen molar-refractivity contribution in [2.75, 3.05) is 26.3 Å². The molecule has 1 amide bonds. The summed E-state index contributed by atoms with van der Waals surface area (Å²) in [4.78, 5) is 13.4. The van der Waals surface area contributed by atoms with Crippen LogP contribution in [-0.4, -0.2) is 43.4 Å². The van der Waals surface area contributed by atoms with Crippen molar-refractivity contribution >= 4 is 6.09 Å². The van der Waals surface area contributed by atoms with Crippen LogP contribution in [0.4, 0.5) is 4.79 Å². The van der Waals surface area contributed by atoms with Gasteiger partial charge in [0.1, 0.15) is 6.10 Å². The second kappa shape index (κ2) is 4.64. The summed E-state index contributed by atoms with van der Waals surface area (Å²) in [5, 5.41) is 0. The van der Waals surface area contributed by atoms with Gasteiger partial charge in [0, 0.05) is 19.5 Å². The first kappa shape index (κ1) is 9.77. The molecule has 0 aliphatic carbocycles. The van der Waals surface area contributed by atoms with Gasteiger partial charge in [-0.05, 0) is 19.3 Å². The topological polar surface area (TPSA) is 38.8 Å². The second-order valence-electron chi connectivity index (χ2n) is 3.72. The maximum atomic E-state index is 11.6. The Labute approximate surface area is 84.2 Å². The normalized spacial score (nSPS) is 27.7. The van der Waals surface area contributed by atoms with Gasteiger partial charge in [0.15, 0.2) is 0 Å². The fourth-order valence-electron chi connectivity index (χ4n) is 1.76. The molecule has 1 radical (unpaired) electrons. The summed E-state index contributed by atoms with van der Waals surface area (Å²) in [7, 11) is 0. The number of ether oxygens (including phenoxy) is 2. The quantitative estimate of drug-likeness (QED) is 0.635. The van der Waals surface area contributed by atoms with Crippen molar-refractivity contribution in [1.82, 2.24) is 4.90 Å². The van der Waals surface area contributed by atoms with Gasteiger partial charge >= 0.3 is 6.09 Å². The third-order valence-electron chi connectivity index (χ3n) is 2.62. The zero-order valence-corrected chi connectivity index (χ0v) is 8.28. The number of carbonyl (C=O) groups excluding carboxylic acids is 1. The van der Waals surface area contributed by atoms with E-state index in [-0.39, 0.29) is 12.2 Å². The smallest absolute Gasteiger partial charge is 0.410 e. The first-order valence-corrected chi connectivity index (χ1v) is 5.21. The van der Waals surface area contributed by atoms with Crippen molar-refractivity contribution in [3.63, 3.8) is 0 Å². The average molecular weight is 198 g/mol. The van der Waals surface area contributed by atoms with Crippen LogP contribution >= 0.6 is 0 Å². The molecule has 0 saturated carbocycles. The van der Waals surface area contributed by atoms with E-state index in [1.807, 2.05) is 0 Å². The molecule has 2 rings (SSSR count). The minimum Gasteiger partial charge on any atom is -0.444 e. The van der Waals surface area contributed by atoms with Crippen LogP contribution in [0.5, 0.6) is 0 Å². The number of piperidine rings is 1. The molecular formula is C10H16NO3. The Morgan fingerprint density at radius 3 is 2.86 bits per heavy atom. The van der Waals surface area contributed by atoms with Crippen molar-refractivity contribution < 1.29 is 14.3 Å². The lowest BCUT2D eigenvalue weighted by Crippen LogP contribution is -2.38. The van der Waals surface area contributed by atoms with E-state index in [0.717, 1.165) is 32.4 Å². The van der Waals surface area contributed by atoms with Gasteiger partial charge in [0.2, 0.25) is 0 Å². The molecule has 2 saturated heterocycles. The van der Waals surface area contributed by atoms with Crippen LogP contribution in [0.25, 0.3) is 0 Å². The molecule has 0 aromatic heterocycles. The van der Waals surface area contributed by atoms with Gasteiger partial charge in [-0.15, -0.1) is 0 Å². The molecule has 2 aliphatic heterocycles. The molecule has 4 heteroatoms. The molecule has 1 unspecified atom stereocenters. The van der Waals surface area contributed by atoms with Gasteiger partial charge < -0.3 is 14.4 Å². The molecule has 0 N–H and O–H groups in total. The van der Waals surface area contributed by atoms with Crippen LogP contribution in [0.15, 0.2) is 0 Å². The van der Waals surface area contributed by atoms with E-state index < -0.39 is 0 Å². The Balaban J connectivity index is 1.75. The molecule has 2 fully saturated rings. The standard InChI is InChI=1S/C10H16NO3/c12-10(11-5-2-1-3-6-11)14-9-4-7-13-8-9/h1,9H,2-8H2. The number of amides is 1. The molecule has 1 atom stereocenters. The molecule has 14 heavy (non-hydrogen) atoms. The van der Waals surface area contributed by atoms with E-state index in [1.165, 1.54) is 0 Å². The Kier molecular flexibility index (Phi) is 3.24. The monoisotopic (exact) mass is 198 g/mol. The summed E-state index contributed by atoms with van der Waals surface area (Å²) in [5.74, 6) is 0. The van der Waals surface area contributed by atoms with Crippen molar-refractivity contribution in [2.45, 2.75) is 25.4 Å². The number of nitrogens with zero attached hydrogens (tertiary/aromatic N) is 1. The highest BCUT2D eigenvalue weighted by Crippen LogP contribution is 2.13. The maximum absolute atomic E-state index is 11.6. The van der Waals surface area contributed by atoms with Gasteiger partial charge in [0.05, 0.1) is 13.2 Å². The van der Waals surface area contributed by atoms with Crippen LogP contribution in [0.3, 0.4) is 0 Å². The molecule has 2 heterocycles. The Hall–Kier alpha value is -0.770. The van der Waals surface area contributed by atoms with Crippen LogP contribution in [0.1, 0.15) is 19.3 Å². The lowest BCUT2D eigenvalue weighted by molar-refractivity contribution is 0.0527. The fraction of sp³-hybridized carbons (Fsp3) is 0.800. The molecule has 4 nitrogen and oxygen atoms in total. The number of rotatable bonds is 1. The summed E-state index contributed by atoms with van der Waals surface area (Å²) in [6.45, 7) is 2.87. The summed E-state index contributed by atoms with van der Waals surface area (Å²) >= 11 is 0. The molecule has 0 aromatic rings. The average Bonchev–Trinajstić information content (AvgIpc) is 2.72. The number of carbonyl (C=O) groups is 1. The highest BCUT2D eigenvalue weighted by Gasteiger charge is 2.24. The maximum Gasteiger partial charge on any atom is 0.410 e. The summed E-state index contributed by atoms with van der Waals surface area (Å²) in [5.41, 5.74) is 0. The van der Waals surface area contributed by atoms with E-state index >= 15 is 0 Å². The van der Waals surface area contributed by atoms with Crippen LogP contribution in [0.2, 0.25) is 0 Å². The number of likely N-dealkylation sites (tertiary alicyclic amines) is 1. The number of hydrogen-bond donors (Lipinski definition) is 0. The van der Waals surface area contributed by atoms with Gasteiger partial charge in [-0.2, -0.15) is 0 Å². The van der Waals surface area contributed by atoms with Crippen LogP contribution in [-0.2, 0) is 9.47 Å². The third-order valence-corrected chi connectivity index (χ3v) is 2.62. The third kappa shape index (κ3) is 2.38. The van der Waals surface area contributed by atoms with E-state index in [0.29, 0.717) is 13.2 Å². The van der Waals surface area contributed by atoms with E-state index in [9.17, 15) is 4.79 Å². The van der Waals surface area contributed by atoms with Crippen molar-refractivity contribution in [2.24, 2.45) is 0 Å².